The fraction of sp³-hybridized carbons (Fsp3) is 0.167. The lowest BCUT2D eigenvalue weighted by atomic mass is 10.1. The van der Waals surface area contributed by atoms with Crippen LogP contribution in [0.1, 0.15) is 5.56 Å². The monoisotopic (exact) mass is 325 g/mol. The van der Waals surface area contributed by atoms with E-state index < -0.39 is 0 Å². The molecule has 0 aliphatic heterocycles. The number of imidazole rings is 1. The van der Waals surface area contributed by atoms with Gasteiger partial charge in [-0.3, -0.25) is 0 Å². The summed E-state index contributed by atoms with van der Waals surface area (Å²) in [5.74, 6) is 1.27. The number of hydrogen-bond donors (Lipinski definition) is 3. The first kappa shape index (κ1) is 15.7. The number of nitrogens with zero attached hydrogens (tertiary/aromatic N) is 2. The van der Waals surface area contributed by atoms with Gasteiger partial charge in [0.25, 0.3) is 0 Å². The molecule has 0 unspecified atom stereocenters. The molecule has 1 aromatic heterocycles. The molecule has 0 amide bonds. The van der Waals surface area contributed by atoms with Gasteiger partial charge in [0.05, 0.1) is 19.0 Å². The van der Waals surface area contributed by atoms with Gasteiger partial charge >= 0.3 is 0 Å². The van der Waals surface area contributed by atoms with Gasteiger partial charge < -0.3 is 24.8 Å². The summed E-state index contributed by atoms with van der Waals surface area (Å²) >= 11 is 0. The fourth-order valence-corrected chi connectivity index (χ4v) is 2.46. The van der Waals surface area contributed by atoms with Crippen LogP contribution in [0.5, 0.6) is 17.2 Å². The van der Waals surface area contributed by atoms with Crippen molar-refractivity contribution < 1.29 is 14.9 Å². The largest absolute Gasteiger partial charge is 0.504 e. The molecular weight excluding hydrogens is 306 g/mol. The SMILES string of the molecule is COc1ccc(-c2cnc(NCc3ccc(O)c(O)c3)n2C)cc1. The van der Waals surface area contributed by atoms with E-state index in [9.17, 15) is 10.2 Å². The predicted octanol–water partition coefficient (Wildman–Crippen LogP) is 3.12. The van der Waals surface area contributed by atoms with Gasteiger partial charge in [-0.25, -0.2) is 4.98 Å². The number of methoxy groups -OCH3 is 1. The van der Waals surface area contributed by atoms with E-state index in [1.54, 1.807) is 19.4 Å². The van der Waals surface area contributed by atoms with E-state index in [1.165, 1.54) is 12.1 Å². The molecule has 0 radical (unpaired) electrons. The number of hydrogen-bond acceptors (Lipinski definition) is 5. The normalized spacial score (nSPS) is 10.6. The zero-order chi connectivity index (χ0) is 17.1. The molecule has 3 rings (SSSR count). The minimum atomic E-state index is -0.131. The minimum Gasteiger partial charge on any atom is -0.504 e. The Kier molecular flexibility index (Phi) is 4.29. The number of phenols is 2. The number of aromatic nitrogens is 2. The lowest BCUT2D eigenvalue weighted by Crippen LogP contribution is -2.05. The van der Waals surface area contributed by atoms with Crippen LogP contribution in [0.4, 0.5) is 5.95 Å². The van der Waals surface area contributed by atoms with E-state index in [2.05, 4.69) is 10.3 Å². The van der Waals surface area contributed by atoms with Crippen molar-refractivity contribution in [1.29, 1.82) is 0 Å². The molecule has 0 saturated heterocycles. The maximum Gasteiger partial charge on any atom is 0.203 e. The third kappa shape index (κ3) is 3.12. The molecule has 0 fully saturated rings. The van der Waals surface area contributed by atoms with Crippen molar-refractivity contribution in [1.82, 2.24) is 9.55 Å². The van der Waals surface area contributed by atoms with Gasteiger partial charge in [-0.05, 0) is 42.0 Å². The Balaban J connectivity index is 1.75. The molecule has 3 N–H and O–H groups in total. The third-order valence-electron chi connectivity index (χ3n) is 3.86. The van der Waals surface area contributed by atoms with E-state index in [-0.39, 0.29) is 11.5 Å². The van der Waals surface area contributed by atoms with E-state index in [0.29, 0.717) is 12.5 Å². The Morgan fingerprint density at radius 3 is 2.50 bits per heavy atom. The van der Waals surface area contributed by atoms with E-state index >= 15 is 0 Å². The number of rotatable bonds is 5. The van der Waals surface area contributed by atoms with Crippen LogP contribution in [0.25, 0.3) is 11.3 Å². The van der Waals surface area contributed by atoms with Gasteiger partial charge in [0, 0.05) is 19.2 Å². The average Bonchev–Trinajstić information content (AvgIpc) is 2.97. The molecule has 6 nitrogen and oxygen atoms in total. The van der Waals surface area contributed by atoms with Crippen molar-refractivity contribution in [3.05, 3.63) is 54.2 Å². The number of ether oxygens (including phenoxy) is 1. The van der Waals surface area contributed by atoms with E-state index in [4.69, 9.17) is 4.74 Å². The van der Waals surface area contributed by atoms with Gasteiger partial charge in [0.2, 0.25) is 5.95 Å². The van der Waals surface area contributed by atoms with Crippen LogP contribution in [0.3, 0.4) is 0 Å². The summed E-state index contributed by atoms with van der Waals surface area (Å²) in [5, 5.41) is 22.1. The molecule has 0 aliphatic rings. The van der Waals surface area contributed by atoms with Gasteiger partial charge in [0.15, 0.2) is 11.5 Å². The molecule has 6 heteroatoms. The van der Waals surface area contributed by atoms with Gasteiger partial charge in [-0.15, -0.1) is 0 Å². The zero-order valence-electron chi connectivity index (χ0n) is 13.5. The first-order valence-electron chi connectivity index (χ1n) is 7.49. The predicted molar refractivity (Wildman–Crippen MR) is 92.3 cm³/mol. The van der Waals surface area contributed by atoms with Crippen molar-refractivity contribution >= 4 is 5.95 Å². The van der Waals surface area contributed by atoms with Crippen LogP contribution in [-0.2, 0) is 13.6 Å². The Labute approximate surface area is 140 Å². The highest BCUT2D eigenvalue weighted by Gasteiger charge is 2.09. The Morgan fingerprint density at radius 2 is 1.83 bits per heavy atom. The second-order valence-corrected chi connectivity index (χ2v) is 5.43. The molecule has 1 heterocycles. The molecule has 0 aliphatic carbocycles. The van der Waals surface area contributed by atoms with Crippen molar-refractivity contribution in [2.75, 3.05) is 12.4 Å². The summed E-state index contributed by atoms with van der Waals surface area (Å²) in [4.78, 5) is 4.40. The number of phenolic OH excluding ortho intramolecular Hbond substituents is 2. The molecule has 124 valence electrons. The van der Waals surface area contributed by atoms with Crippen LogP contribution in [0.2, 0.25) is 0 Å². The maximum atomic E-state index is 9.54. The Morgan fingerprint density at radius 1 is 1.08 bits per heavy atom. The molecule has 0 bridgehead atoms. The Hall–Kier alpha value is -3.15. The first-order valence-corrected chi connectivity index (χ1v) is 7.49. The minimum absolute atomic E-state index is 0.127. The standard InChI is InChI=1S/C18H19N3O3/c1-21-15(13-4-6-14(24-2)7-5-13)11-20-18(21)19-10-12-3-8-16(22)17(23)9-12/h3-9,11,22-23H,10H2,1-2H3,(H,19,20). The van der Waals surface area contributed by atoms with Crippen LogP contribution in [0.15, 0.2) is 48.7 Å². The summed E-state index contributed by atoms with van der Waals surface area (Å²) < 4.78 is 7.13. The second kappa shape index (κ2) is 6.54. The highest BCUT2D eigenvalue weighted by atomic mass is 16.5. The molecule has 24 heavy (non-hydrogen) atoms. The van der Waals surface area contributed by atoms with Gasteiger partial charge in [-0.2, -0.15) is 0 Å². The molecule has 2 aromatic carbocycles. The molecule has 3 aromatic rings. The van der Waals surface area contributed by atoms with E-state index in [1.807, 2.05) is 35.9 Å². The van der Waals surface area contributed by atoms with Crippen LogP contribution in [0, 0.1) is 0 Å². The number of nitrogens with one attached hydrogen (secondary N) is 1. The van der Waals surface area contributed by atoms with Crippen LogP contribution in [-0.4, -0.2) is 26.9 Å². The quantitative estimate of drug-likeness (QED) is 0.628. The summed E-state index contributed by atoms with van der Waals surface area (Å²) in [7, 11) is 3.57. The summed E-state index contributed by atoms with van der Waals surface area (Å²) in [5.41, 5.74) is 2.87. The van der Waals surface area contributed by atoms with Gasteiger partial charge in [0.1, 0.15) is 5.75 Å². The molecule has 0 saturated carbocycles. The summed E-state index contributed by atoms with van der Waals surface area (Å²) in [6.07, 6.45) is 1.80. The number of benzene rings is 2. The van der Waals surface area contributed by atoms with Crippen molar-refractivity contribution in [3.63, 3.8) is 0 Å². The molecule has 0 spiro atoms. The van der Waals surface area contributed by atoms with E-state index in [0.717, 1.165) is 22.6 Å². The van der Waals surface area contributed by atoms with Crippen molar-refractivity contribution in [2.24, 2.45) is 7.05 Å². The summed E-state index contributed by atoms with van der Waals surface area (Å²) in [6, 6.07) is 12.5. The summed E-state index contributed by atoms with van der Waals surface area (Å²) in [6.45, 7) is 0.487. The third-order valence-corrected chi connectivity index (χ3v) is 3.86. The smallest absolute Gasteiger partial charge is 0.203 e. The average molecular weight is 325 g/mol. The number of aromatic hydroxyl groups is 2. The van der Waals surface area contributed by atoms with Crippen molar-refractivity contribution in [2.45, 2.75) is 6.54 Å². The Bertz CT molecular complexity index is 841. The lowest BCUT2D eigenvalue weighted by Gasteiger charge is -2.09. The van der Waals surface area contributed by atoms with Crippen LogP contribution < -0.4 is 10.1 Å². The fourth-order valence-electron chi connectivity index (χ4n) is 2.46. The maximum absolute atomic E-state index is 9.54. The first-order chi connectivity index (χ1) is 11.6. The molecular formula is C18H19N3O3. The highest BCUT2D eigenvalue weighted by molar-refractivity contribution is 5.62. The lowest BCUT2D eigenvalue weighted by molar-refractivity contribution is 0.403. The second-order valence-electron chi connectivity index (χ2n) is 5.43. The zero-order valence-corrected chi connectivity index (χ0v) is 13.5. The van der Waals surface area contributed by atoms with Crippen molar-refractivity contribution in [3.8, 4) is 28.5 Å². The topological polar surface area (TPSA) is 79.5 Å². The highest BCUT2D eigenvalue weighted by Crippen LogP contribution is 2.26. The van der Waals surface area contributed by atoms with Gasteiger partial charge in [-0.1, -0.05) is 6.07 Å². The molecule has 0 atom stereocenters. The van der Waals surface area contributed by atoms with Crippen LogP contribution >= 0.6 is 0 Å². The number of anilines is 1.